The minimum atomic E-state index is -0.440. The summed E-state index contributed by atoms with van der Waals surface area (Å²) < 4.78 is 0.622. The van der Waals surface area contributed by atoms with Crippen molar-refractivity contribution in [3.63, 3.8) is 0 Å². The highest BCUT2D eigenvalue weighted by Crippen LogP contribution is 2.33. The lowest BCUT2D eigenvalue weighted by atomic mass is 10.2. The largest absolute Gasteiger partial charge is 0.344 e. The third-order valence-electron chi connectivity index (χ3n) is 2.87. The van der Waals surface area contributed by atoms with E-state index in [0.29, 0.717) is 10.0 Å². The highest BCUT2D eigenvalue weighted by Gasteiger charge is 2.13. The summed E-state index contributed by atoms with van der Waals surface area (Å²) in [5.41, 5.74) is 2.21. The van der Waals surface area contributed by atoms with Crippen molar-refractivity contribution in [1.82, 2.24) is 0 Å². The molecule has 5 nitrogen and oxygen atoms in total. The van der Waals surface area contributed by atoms with Gasteiger partial charge >= 0.3 is 0 Å². The zero-order valence-electron chi connectivity index (χ0n) is 10.6. The lowest BCUT2D eigenvalue weighted by Crippen LogP contribution is -2.10. The minimum absolute atomic E-state index is 0.0276. The van der Waals surface area contributed by atoms with Gasteiger partial charge < -0.3 is 4.90 Å². The normalized spacial score (nSPS) is 9.85. The number of nitrogens with zero attached hydrogens (tertiary/aromatic N) is 3. The van der Waals surface area contributed by atoms with E-state index >= 15 is 0 Å². The molecule has 20 heavy (non-hydrogen) atoms. The molecular weight excluding hydrogens is 322 g/mol. The third kappa shape index (κ3) is 2.78. The molecule has 6 heteroatoms. The van der Waals surface area contributed by atoms with Gasteiger partial charge in [0.15, 0.2) is 0 Å². The molecule has 0 aromatic heterocycles. The maximum Gasteiger partial charge on any atom is 0.270 e. The van der Waals surface area contributed by atoms with Crippen LogP contribution >= 0.6 is 15.9 Å². The van der Waals surface area contributed by atoms with Gasteiger partial charge in [0.1, 0.15) is 0 Å². The molecule has 0 atom stereocenters. The number of hydrogen-bond acceptors (Lipinski definition) is 4. The van der Waals surface area contributed by atoms with Crippen LogP contribution in [0, 0.1) is 21.4 Å². The van der Waals surface area contributed by atoms with Crippen LogP contribution in [0.4, 0.5) is 17.1 Å². The Labute approximate surface area is 124 Å². The van der Waals surface area contributed by atoms with Crippen molar-refractivity contribution in [2.45, 2.75) is 0 Å². The van der Waals surface area contributed by atoms with Gasteiger partial charge in [-0.25, -0.2) is 0 Å². The van der Waals surface area contributed by atoms with E-state index in [4.69, 9.17) is 5.26 Å². The molecule has 0 aliphatic rings. The van der Waals surface area contributed by atoms with E-state index in [0.717, 1.165) is 11.4 Å². The smallest absolute Gasteiger partial charge is 0.270 e. The molecule has 0 aliphatic heterocycles. The number of nitriles is 1. The average Bonchev–Trinajstić information content (AvgIpc) is 2.46. The minimum Gasteiger partial charge on any atom is -0.344 e. The van der Waals surface area contributed by atoms with Crippen molar-refractivity contribution in [2.75, 3.05) is 11.9 Å². The Morgan fingerprint density at radius 3 is 2.65 bits per heavy atom. The summed E-state index contributed by atoms with van der Waals surface area (Å²) in [4.78, 5) is 12.1. The van der Waals surface area contributed by atoms with E-state index in [9.17, 15) is 10.1 Å². The molecule has 0 amide bonds. The fraction of sp³-hybridized carbons (Fsp3) is 0.0714. The second-order valence-corrected chi connectivity index (χ2v) is 4.97. The molecule has 0 saturated heterocycles. The van der Waals surface area contributed by atoms with Gasteiger partial charge in [0.25, 0.3) is 5.69 Å². The topological polar surface area (TPSA) is 70.2 Å². The number of nitro benzene ring substituents is 1. The summed E-state index contributed by atoms with van der Waals surface area (Å²) in [6, 6.07) is 13.8. The van der Waals surface area contributed by atoms with Gasteiger partial charge in [-0.15, -0.1) is 0 Å². The van der Waals surface area contributed by atoms with E-state index in [1.165, 1.54) is 12.1 Å². The molecule has 2 aromatic rings. The summed E-state index contributed by atoms with van der Waals surface area (Å²) in [6.45, 7) is 0. The Morgan fingerprint density at radius 1 is 1.30 bits per heavy atom. The molecular formula is C14H10BrN3O2. The van der Waals surface area contributed by atoms with Crippen LogP contribution in [0.25, 0.3) is 0 Å². The fourth-order valence-corrected chi connectivity index (χ4v) is 2.44. The molecule has 0 N–H and O–H groups in total. The summed E-state index contributed by atoms with van der Waals surface area (Å²) in [5, 5.41) is 19.6. The summed E-state index contributed by atoms with van der Waals surface area (Å²) in [6.07, 6.45) is 0. The predicted octanol–water partition coefficient (Wildman–Crippen LogP) is 4.00. The summed E-state index contributed by atoms with van der Waals surface area (Å²) in [7, 11) is 1.84. The lowest BCUT2D eigenvalue weighted by Gasteiger charge is -2.20. The first kappa shape index (κ1) is 14.0. The predicted molar refractivity (Wildman–Crippen MR) is 80.0 cm³/mol. The Hall–Kier alpha value is -2.39. The quantitative estimate of drug-likeness (QED) is 0.629. The van der Waals surface area contributed by atoms with Crippen molar-refractivity contribution in [1.29, 1.82) is 5.26 Å². The average molecular weight is 332 g/mol. The van der Waals surface area contributed by atoms with Crippen LogP contribution in [-0.2, 0) is 0 Å². The van der Waals surface area contributed by atoms with Crippen LogP contribution in [-0.4, -0.2) is 12.0 Å². The molecule has 0 heterocycles. The molecule has 2 aromatic carbocycles. The zero-order valence-corrected chi connectivity index (χ0v) is 12.2. The number of rotatable bonds is 3. The van der Waals surface area contributed by atoms with Crippen molar-refractivity contribution in [2.24, 2.45) is 0 Å². The molecule has 0 spiro atoms. The zero-order chi connectivity index (χ0) is 14.7. The Balaban J connectivity index is 2.40. The molecule has 100 valence electrons. The second kappa shape index (κ2) is 5.72. The maximum absolute atomic E-state index is 10.7. The van der Waals surface area contributed by atoms with Crippen LogP contribution in [0.2, 0.25) is 0 Å². The number of anilines is 2. The lowest BCUT2D eigenvalue weighted by molar-refractivity contribution is -0.384. The number of benzene rings is 2. The number of hydrogen-bond donors (Lipinski definition) is 0. The molecule has 2 rings (SSSR count). The van der Waals surface area contributed by atoms with E-state index in [1.54, 1.807) is 24.3 Å². The Bertz CT molecular complexity index is 710. The van der Waals surface area contributed by atoms with E-state index < -0.39 is 4.92 Å². The number of nitro groups is 1. The molecule has 0 radical (unpaired) electrons. The molecule has 0 fully saturated rings. The van der Waals surface area contributed by atoms with Gasteiger partial charge in [-0.3, -0.25) is 10.1 Å². The fourth-order valence-electron chi connectivity index (χ4n) is 1.80. The SMILES string of the molecule is CN(c1cccc(C#N)c1)c1ccc([N+](=O)[O-])cc1Br. The van der Waals surface area contributed by atoms with Gasteiger partial charge in [0, 0.05) is 29.3 Å². The molecule has 0 aliphatic carbocycles. The van der Waals surface area contributed by atoms with Gasteiger partial charge in [-0.1, -0.05) is 6.07 Å². The molecule has 0 unspecified atom stereocenters. The van der Waals surface area contributed by atoms with E-state index in [-0.39, 0.29) is 5.69 Å². The maximum atomic E-state index is 10.7. The van der Waals surface area contributed by atoms with Crippen molar-refractivity contribution in [3.05, 3.63) is 62.6 Å². The van der Waals surface area contributed by atoms with Crippen molar-refractivity contribution >= 4 is 33.0 Å². The third-order valence-corrected chi connectivity index (χ3v) is 3.50. The van der Waals surface area contributed by atoms with Crippen molar-refractivity contribution < 1.29 is 4.92 Å². The highest BCUT2D eigenvalue weighted by atomic mass is 79.9. The number of halogens is 1. The van der Waals surface area contributed by atoms with Crippen LogP contribution in [0.3, 0.4) is 0 Å². The first-order chi connectivity index (χ1) is 9.52. The standard InChI is InChI=1S/C14H10BrN3O2/c1-17(11-4-2-3-10(7-11)9-16)14-6-5-12(18(19)20)8-13(14)15/h2-8H,1H3. The van der Waals surface area contributed by atoms with Crippen LogP contribution < -0.4 is 4.90 Å². The van der Waals surface area contributed by atoms with Crippen LogP contribution in [0.5, 0.6) is 0 Å². The van der Waals surface area contributed by atoms with Crippen LogP contribution in [0.15, 0.2) is 46.9 Å². The summed E-state index contributed by atoms with van der Waals surface area (Å²) in [5.74, 6) is 0. The summed E-state index contributed by atoms with van der Waals surface area (Å²) >= 11 is 3.34. The Kier molecular flexibility index (Phi) is 4.01. The highest BCUT2D eigenvalue weighted by molar-refractivity contribution is 9.10. The first-order valence-electron chi connectivity index (χ1n) is 5.71. The molecule has 0 saturated carbocycles. The van der Waals surface area contributed by atoms with Gasteiger partial charge in [-0.05, 0) is 40.2 Å². The van der Waals surface area contributed by atoms with Gasteiger partial charge in [-0.2, -0.15) is 5.26 Å². The Morgan fingerprint density at radius 2 is 2.05 bits per heavy atom. The first-order valence-corrected chi connectivity index (χ1v) is 6.50. The van der Waals surface area contributed by atoms with Crippen LogP contribution in [0.1, 0.15) is 5.56 Å². The van der Waals surface area contributed by atoms with E-state index in [2.05, 4.69) is 22.0 Å². The van der Waals surface area contributed by atoms with Crippen molar-refractivity contribution in [3.8, 4) is 6.07 Å². The van der Waals surface area contributed by atoms with Gasteiger partial charge in [0.2, 0.25) is 0 Å². The number of non-ortho nitro benzene ring substituents is 1. The second-order valence-electron chi connectivity index (χ2n) is 4.11. The monoisotopic (exact) mass is 331 g/mol. The van der Waals surface area contributed by atoms with E-state index in [1.807, 2.05) is 18.0 Å². The molecule has 0 bridgehead atoms. The van der Waals surface area contributed by atoms with Gasteiger partial charge in [0.05, 0.1) is 22.2 Å².